The minimum absolute atomic E-state index is 0.830. The summed E-state index contributed by atoms with van der Waals surface area (Å²) in [7, 11) is 0. The van der Waals surface area contributed by atoms with Gasteiger partial charge in [-0.2, -0.15) is 0 Å². The smallest absolute Gasteiger partial charge is 0.0250 e. The lowest BCUT2D eigenvalue weighted by Gasteiger charge is -2.13. The van der Waals surface area contributed by atoms with Crippen molar-refractivity contribution in [2.75, 3.05) is 0 Å². The summed E-state index contributed by atoms with van der Waals surface area (Å²) < 4.78 is 0. The zero-order valence-electron chi connectivity index (χ0n) is 11.8. The molecule has 1 rings (SSSR count). The Kier molecular flexibility index (Phi) is 7.96. The summed E-state index contributed by atoms with van der Waals surface area (Å²) in [5.74, 6) is 0.830. The molecule has 0 aromatic heterocycles. The Labute approximate surface area is 112 Å². The first-order valence-corrected chi connectivity index (χ1v) is 7.24. The summed E-state index contributed by atoms with van der Waals surface area (Å²) in [6.07, 6.45) is 6.50. The highest BCUT2D eigenvalue weighted by Gasteiger charge is 2.05. The van der Waals surface area contributed by atoms with E-state index in [9.17, 15) is 0 Å². The van der Waals surface area contributed by atoms with Gasteiger partial charge in [0.05, 0.1) is 0 Å². The van der Waals surface area contributed by atoms with E-state index >= 15 is 0 Å². The Morgan fingerprint density at radius 3 is 1.89 bits per heavy atom. The highest BCUT2D eigenvalue weighted by Crippen LogP contribution is 2.17. The average Bonchev–Trinajstić information content (AvgIpc) is 2.41. The standard InChI is InChI=1S/C18H26/c1-3-5-13-17(4-2)16-18-14-11-9-7-6-8-10-12-15-18/h6-12,14-15,17H,3-5,13,16H2,1-2H3. The molecule has 0 fully saturated rings. The van der Waals surface area contributed by atoms with Gasteiger partial charge in [0.1, 0.15) is 0 Å². The molecule has 0 heteroatoms. The van der Waals surface area contributed by atoms with Gasteiger partial charge < -0.3 is 0 Å². The Morgan fingerprint density at radius 2 is 1.39 bits per heavy atom. The van der Waals surface area contributed by atoms with Crippen molar-refractivity contribution in [2.45, 2.75) is 46.0 Å². The van der Waals surface area contributed by atoms with Gasteiger partial charge in [-0.3, -0.25) is 0 Å². The maximum atomic E-state index is 2.31. The van der Waals surface area contributed by atoms with Crippen LogP contribution in [0.25, 0.3) is 0 Å². The Balaban J connectivity index is 2.75. The van der Waals surface area contributed by atoms with Crippen LogP contribution in [0.3, 0.4) is 0 Å². The molecule has 1 unspecified atom stereocenters. The maximum absolute atomic E-state index is 2.31. The lowest BCUT2D eigenvalue weighted by Crippen LogP contribution is -2.02. The molecule has 1 atom stereocenters. The van der Waals surface area contributed by atoms with Crippen molar-refractivity contribution in [1.29, 1.82) is 0 Å². The molecule has 0 aliphatic carbocycles. The quantitative estimate of drug-likeness (QED) is 0.611. The van der Waals surface area contributed by atoms with Gasteiger partial charge in [-0.05, 0) is 17.9 Å². The molecule has 0 radical (unpaired) electrons. The van der Waals surface area contributed by atoms with E-state index in [0.717, 1.165) is 5.92 Å². The fraction of sp³-hybridized carbons (Fsp3) is 0.444. The van der Waals surface area contributed by atoms with Gasteiger partial charge in [-0.25, -0.2) is 0 Å². The van der Waals surface area contributed by atoms with Crippen LogP contribution in [0.2, 0.25) is 0 Å². The topological polar surface area (TPSA) is 0 Å². The van der Waals surface area contributed by atoms with Crippen molar-refractivity contribution >= 4 is 0 Å². The Bertz CT molecular complexity index is 341. The first-order valence-electron chi connectivity index (χ1n) is 7.24. The highest BCUT2D eigenvalue weighted by atomic mass is 14.1. The zero-order valence-corrected chi connectivity index (χ0v) is 11.8. The molecule has 0 saturated heterocycles. The van der Waals surface area contributed by atoms with Crippen LogP contribution in [0.1, 0.15) is 45.1 Å². The van der Waals surface area contributed by atoms with E-state index in [2.05, 4.69) is 68.4 Å². The lowest BCUT2D eigenvalue weighted by atomic mass is 9.92. The van der Waals surface area contributed by atoms with Crippen molar-refractivity contribution in [3.8, 4) is 0 Å². The fourth-order valence-corrected chi connectivity index (χ4v) is 2.15. The molecular formula is C18H26. The molecule has 18 heavy (non-hydrogen) atoms. The van der Waals surface area contributed by atoms with Gasteiger partial charge in [0.25, 0.3) is 0 Å². The second-order valence-electron chi connectivity index (χ2n) is 4.88. The number of hydrogen-bond acceptors (Lipinski definition) is 0. The Morgan fingerprint density at radius 1 is 0.833 bits per heavy atom. The molecule has 0 bridgehead atoms. The second kappa shape index (κ2) is 9.70. The molecule has 1 aromatic carbocycles. The van der Waals surface area contributed by atoms with Crippen molar-refractivity contribution in [2.24, 2.45) is 5.92 Å². The van der Waals surface area contributed by atoms with Gasteiger partial charge in [0, 0.05) is 0 Å². The summed E-state index contributed by atoms with van der Waals surface area (Å²) in [5.41, 5.74) is 1.44. The monoisotopic (exact) mass is 242 g/mol. The lowest BCUT2D eigenvalue weighted by molar-refractivity contribution is 0.449. The van der Waals surface area contributed by atoms with Gasteiger partial charge in [0.2, 0.25) is 0 Å². The first kappa shape index (κ1) is 14.8. The summed E-state index contributed by atoms with van der Waals surface area (Å²) in [6, 6.07) is 19.1. The molecule has 0 saturated carbocycles. The molecule has 1 aromatic rings. The van der Waals surface area contributed by atoms with Gasteiger partial charge in [-0.15, -0.1) is 0 Å². The predicted molar refractivity (Wildman–Crippen MR) is 81.1 cm³/mol. The Hall–Kier alpha value is -1.30. The SMILES string of the molecule is CCCCC(CC)Cc1ccccccccc1. The molecule has 0 nitrogen and oxygen atoms in total. The third-order valence-corrected chi connectivity index (χ3v) is 3.35. The van der Waals surface area contributed by atoms with Crippen LogP contribution in [0.15, 0.2) is 54.6 Å². The van der Waals surface area contributed by atoms with E-state index in [1.165, 1.54) is 37.7 Å². The molecule has 0 spiro atoms. The van der Waals surface area contributed by atoms with E-state index in [-0.39, 0.29) is 0 Å². The minimum Gasteiger partial charge on any atom is -0.0654 e. The van der Waals surface area contributed by atoms with Gasteiger partial charge in [-0.1, -0.05) is 94.1 Å². The summed E-state index contributed by atoms with van der Waals surface area (Å²) in [4.78, 5) is 0. The van der Waals surface area contributed by atoms with E-state index in [1.807, 2.05) is 0 Å². The number of rotatable bonds is 6. The number of hydrogen-bond donors (Lipinski definition) is 0. The average molecular weight is 242 g/mol. The minimum atomic E-state index is 0.830. The van der Waals surface area contributed by atoms with Gasteiger partial charge >= 0.3 is 0 Å². The van der Waals surface area contributed by atoms with Crippen molar-refractivity contribution in [1.82, 2.24) is 0 Å². The molecule has 98 valence electrons. The molecule has 0 aliphatic heterocycles. The van der Waals surface area contributed by atoms with Crippen LogP contribution < -0.4 is 0 Å². The molecule has 0 N–H and O–H groups in total. The molecule has 0 heterocycles. The van der Waals surface area contributed by atoms with Crippen LogP contribution in [0.4, 0.5) is 0 Å². The maximum Gasteiger partial charge on any atom is -0.0250 e. The normalized spacial score (nSPS) is 11.7. The molecular weight excluding hydrogens is 216 g/mol. The summed E-state index contributed by atoms with van der Waals surface area (Å²) in [6.45, 7) is 4.58. The fourth-order valence-electron chi connectivity index (χ4n) is 2.15. The van der Waals surface area contributed by atoms with Crippen LogP contribution >= 0.6 is 0 Å². The second-order valence-corrected chi connectivity index (χ2v) is 4.88. The predicted octanol–water partition coefficient (Wildman–Crippen LogP) is 5.57. The van der Waals surface area contributed by atoms with Gasteiger partial charge in [0.15, 0.2) is 0 Å². The molecule has 0 aliphatic rings. The largest absolute Gasteiger partial charge is 0.0654 e. The summed E-state index contributed by atoms with van der Waals surface area (Å²) in [5, 5.41) is 0. The van der Waals surface area contributed by atoms with Crippen molar-refractivity contribution in [3.05, 3.63) is 60.2 Å². The summed E-state index contributed by atoms with van der Waals surface area (Å²) >= 11 is 0. The zero-order chi connectivity index (χ0) is 13.1. The van der Waals surface area contributed by atoms with E-state index in [4.69, 9.17) is 0 Å². The third kappa shape index (κ3) is 6.44. The third-order valence-electron chi connectivity index (χ3n) is 3.35. The van der Waals surface area contributed by atoms with Crippen LogP contribution in [-0.4, -0.2) is 0 Å². The van der Waals surface area contributed by atoms with Crippen LogP contribution in [-0.2, 0) is 6.42 Å². The van der Waals surface area contributed by atoms with E-state index in [1.54, 1.807) is 0 Å². The van der Waals surface area contributed by atoms with E-state index in [0.29, 0.717) is 0 Å². The van der Waals surface area contributed by atoms with Crippen molar-refractivity contribution < 1.29 is 0 Å². The number of unbranched alkanes of at least 4 members (excludes halogenated alkanes) is 1. The van der Waals surface area contributed by atoms with Crippen molar-refractivity contribution in [3.63, 3.8) is 0 Å². The highest BCUT2D eigenvalue weighted by molar-refractivity contribution is 5.12. The van der Waals surface area contributed by atoms with Crippen LogP contribution in [0.5, 0.6) is 0 Å². The van der Waals surface area contributed by atoms with E-state index < -0.39 is 0 Å². The van der Waals surface area contributed by atoms with Crippen LogP contribution in [0, 0.1) is 5.92 Å². The first-order chi connectivity index (χ1) is 8.86. The molecule has 0 amide bonds.